The molecule has 0 aromatic carbocycles. The van der Waals surface area contributed by atoms with Gasteiger partial charge in [-0.05, 0) is 31.4 Å². The molecule has 0 unspecified atom stereocenters. The Morgan fingerprint density at radius 1 is 1.41 bits per heavy atom. The number of amides is 2. The third kappa shape index (κ3) is 3.45. The Bertz CT molecular complexity index is 409. The normalized spacial score (nSPS) is 16.4. The topological polar surface area (TPSA) is 70.7 Å². The fourth-order valence-corrected chi connectivity index (χ4v) is 2.79. The fraction of sp³-hybridized carbons (Fsp3) is 0.455. The smallest absolute Gasteiger partial charge is 0.332 e. The van der Waals surface area contributed by atoms with Crippen LogP contribution in [-0.4, -0.2) is 25.3 Å². The van der Waals surface area contributed by atoms with Crippen LogP contribution >= 0.6 is 11.3 Å². The number of nitrogens with zero attached hydrogens (tertiary/aromatic N) is 2. The average Bonchev–Trinajstić information content (AvgIpc) is 2.78. The molecule has 1 saturated heterocycles. The first-order valence-electron chi connectivity index (χ1n) is 5.69. The number of carbonyl (C=O) groups is 1. The van der Waals surface area contributed by atoms with E-state index in [0.29, 0.717) is 0 Å². The molecule has 1 aromatic rings. The molecule has 0 radical (unpaired) electrons. The summed E-state index contributed by atoms with van der Waals surface area (Å²) in [6.45, 7) is 2.27. The number of thiophene rings is 1. The number of rotatable bonds is 3. The van der Waals surface area contributed by atoms with Gasteiger partial charge in [0.2, 0.25) is 0 Å². The lowest BCUT2D eigenvalue weighted by Crippen LogP contribution is -2.28. The molecule has 92 valence electrons. The molecule has 0 bridgehead atoms. The zero-order chi connectivity index (χ0) is 12.1. The number of hydrazone groups is 1. The highest BCUT2D eigenvalue weighted by atomic mass is 32.1. The third-order valence-electron chi connectivity index (χ3n) is 2.65. The van der Waals surface area contributed by atoms with E-state index in [1.807, 2.05) is 6.07 Å². The average molecular weight is 252 g/mol. The molecule has 5 nitrogen and oxygen atoms in total. The van der Waals surface area contributed by atoms with E-state index in [9.17, 15) is 4.79 Å². The summed E-state index contributed by atoms with van der Waals surface area (Å²) in [4.78, 5) is 13.8. The van der Waals surface area contributed by atoms with Gasteiger partial charge in [0.25, 0.3) is 0 Å². The Balaban J connectivity index is 1.95. The maximum atomic E-state index is 10.4. The molecule has 0 spiro atoms. The summed E-state index contributed by atoms with van der Waals surface area (Å²) in [7, 11) is 0. The van der Waals surface area contributed by atoms with E-state index in [2.05, 4.69) is 21.5 Å². The molecule has 3 N–H and O–H groups in total. The van der Waals surface area contributed by atoms with Gasteiger partial charge in [-0.15, -0.1) is 11.3 Å². The third-order valence-corrected chi connectivity index (χ3v) is 3.73. The van der Waals surface area contributed by atoms with Gasteiger partial charge in [-0.3, -0.25) is 0 Å². The minimum absolute atomic E-state index is 0.644. The Morgan fingerprint density at radius 2 is 2.18 bits per heavy atom. The Labute approximate surface area is 104 Å². The Kier molecular flexibility index (Phi) is 3.98. The van der Waals surface area contributed by atoms with E-state index in [4.69, 9.17) is 5.73 Å². The fourth-order valence-electron chi connectivity index (χ4n) is 1.86. The van der Waals surface area contributed by atoms with Crippen molar-refractivity contribution in [2.24, 2.45) is 10.8 Å². The van der Waals surface area contributed by atoms with Crippen LogP contribution in [0.3, 0.4) is 0 Å². The second-order valence-electron chi connectivity index (χ2n) is 3.96. The van der Waals surface area contributed by atoms with E-state index in [1.165, 1.54) is 24.3 Å². The van der Waals surface area contributed by atoms with Crippen molar-refractivity contribution in [3.63, 3.8) is 0 Å². The van der Waals surface area contributed by atoms with Crippen molar-refractivity contribution in [3.05, 3.63) is 17.0 Å². The van der Waals surface area contributed by atoms with E-state index >= 15 is 0 Å². The number of piperidine rings is 1. The summed E-state index contributed by atoms with van der Waals surface area (Å²) < 4.78 is 0. The molecule has 0 atom stereocenters. The number of urea groups is 1. The van der Waals surface area contributed by atoms with Crippen molar-refractivity contribution in [3.8, 4) is 0 Å². The predicted molar refractivity (Wildman–Crippen MR) is 70.7 cm³/mol. The quantitative estimate of drug-likeness (QED) is 0.635. The highest BCUT2D eigenvalue weighted by Crippen LogP contribution is 2.27. The highest BCUT2D eigenvalue weighted by Gasteiger charge is 2.12. The molecule has 1 aliphatic heterocycles. The molecular weight excluding hydrogens is 236 g/mol. The lowest BCUT2D eigenvalue weighted by molar-refractivity contribution is 0.249. The van der Waals surface area contributed by atoms with Crippen LogP contribution in [0, 0.1) is 0 Å². The van der Waals surface area contributed by atoms with Crippen molar-refractivity contribution in [1.29, 1.82) is 0 Å². The van der Waals surface area contributed by atoms with Gasteiger partial charge in [-0.2, -0.15) is 5.10 Å². The molecule has 1 fully saturated rings. The van der Waals surface area contributed by atoms with Gasteiger partial charge in [0.05, 0.1) is 11.2 Å². The highest BCUT2D eigenvalue weighted by molar-refractivity contribution is 7.17. The summed E-state index contributed by atoms with van der Waals surface area (Å²) in [6, 6.07) is 3.46. The molecule has 1 aromatic heterocycles. The maximum absolute atomic E-state index is 10.4. The Morgan fingerprint density at radius 3 is 2.88 bits per heavy atom. The monoisotopic (exact) mass is 252 g/mol. The number of hydrogen-bond donors (Lipinski definition) is 2. The van der Waals surface area contributed by atoms with Crippen LogP contribution in [0.5, 0.6) is 0 Å². The van der Waals surface area contributed by atoms with Crippen molar-refractivity contribution < 1.29 is 4.79 Å². The van der Waals surface area contributed by atoms with Crippen LogP contribution in [-0.2, 0) is 0 Å². The molecule has 6 heteroatoms. The van der Waals surface area contributed by atoms with Crippen LogP contribution in [0.2, 0.25) is 0 Å². The largest absolute Gasteiger partial charge is 0.363 e. The van der Waals surface area contributed by atoms with Crippen molar-refractivity contribution >= 4 is 28.6 Å². The van der Waals surface area contributed by atoms with Gasteiger partial charge in [0.15, 0.2) is 0 Å². The van der Waals surface area contributed by atoms with Gasteiger partial charge in [0.1, 0.15) is 0 Å². The predicted octanol–water partition coefficient (Wildman–Crippen LogP) is 1.74. The lowest BCUT2D eigenvalue weighted by Gasteiger charge is -2.27. The second kappa shape index (κ2) is 5.67. The SMILES string of the molecule is NC(=O)NN=Cc1ccc(N2CCCCC2)s1. The van der Waals surface area contributed by atoms with Gasteiger partial charge in [-0.1, -0.05) is 0 Å². The van der Waals surface area contributed by atoms with Gasteiger partial charge >= 0.3 is 6.03 Å². The van der Waals surface area contributed by atoms with Crippen LogP contribution in [0.1, 0.15) is 24.1 Å². The molecule has 2 amide bonds. The number of carbonyl (C=O) groups excluding carboxylic acids is 1. The van der Waals surface area contributed by atoms with Gasteiger partial charge < -0.3 is 10.6 Å². The minimum atomic E-state index is -0.644. The first-order valence-corrected chi connectivity index (χ1v) is 6.50. The van der Waals surface area contributed by atoms with E-state index in [0.717, 1.165) is 18.0 Å². The molecule has 17 heavy (non-hydrogen) atoms. The number of nitrogens with one attached hydrogen (secondary N) is 1. The molecule has 2 rings (SSSR count). The van der Waals surface area contributed by atoms with Crippen molar-refractivity contribution in [1.82, 2.24) is 5.43 Å². The second-order valence-corrected chi connectivity index (χ2v) is 5.05. The van der Waals surface area contributed by atoms with Gasteiger partial charge in [0, 0.05) is 18.0 Å². The zero-order valence-corrected chi connectivity index (χ0v) is 10.4. The van der Waals surface area contributed by atoms with Crippen LogP contribution in [0.25, 0.3) is 0 Å². The van der Waals surface area contributed by atoms with E-state index < -0.39 is 6.03 Å². The summed E-state index contributed by atoms with van der Waals surface area (Å²) in [5.74, 6) is 0. The lowest BCUT2D eigenvalue weighted by atomic mass is 10.1. The number of primary amides is 1. The number of hydrogen-bond acceptors (Lipinski definition) is 4. The molecule has 0 saturated carbocycles. The van der Waals surface area contributed by atoms with Gasteiger partial charge in [-0.25, -0.2) is 10.2 Å². The van der Waals surface area contributed by atoms with E-state index in [-0.39, 0.29) is 0 Å². The molecule has 1 aliphatic rings. The Hall–Kier alpha value is -1.56. The summed E-state index contributed by atoms with van der Waals surface area (Å²) in [5.41, 5.74) is 7.09. The first-order chi connectivity index (χ1) is 8.25. The van der Waals surface area contributed by atoms with Crippen LogP contribution in [0.4, 0.5) is 9.80 Å². The molecule has 2 heterocycles. The molecule has 0 aliphatic carbocycles. The van der Waals surface area contributed by atoms with Crippen LogP contribution < -0.4 is 16.1 Å². The van der Waals surface area contributed by atoms with Crippen molar-refractivity contribution in [2.75, 3.05) is 18.0 Å². The number of nitrogens with two attached hydrogens (primary N) is 1. The van der Waals surface area contributed by atoms with Crippen LogP contribution in [0.15, 0.2) is 17.2 Å². The maximum Gasteiger partial charge on any atom is 0.332 e. The van der Waals surface area contributed by atoms with Crippen molar-refractivity contribution in [2.45, 2.75) is 19.3 Å². The number of anilines is 1. The van der Waals surface area contributed by atoms with E-state index in [1.54, 1.807) is 17.6 Å². The zero-order valence-electron chi connectivity index (χ0n) is 9.56. The summed E-state index contributed by atoms with van der Waals surface area (Å²) >= 11 is 1.68. The summed E-state index contributed by atoms with van der Waals surface area (Å²) in [6.07, 6.45) is 5.48. The standard InChI is InChI=1S/C11H16N4OS/c12-11(16)14-13-8-9-4-5-10(17-9)15-6-2-1-3-7-15/h4-5,8H,1-3,6-7H2,(H3,12,14,16). The minimum Gasteiger partial charge on any atom is -0.363 e. The molecular formula is C11H16N4OS. The first kappa shape index (κ1) is 11.9. The summed E-state index contributed by atoms with van der Waals surface area (Å²) in [5, 5.41) is 5.01.